The summed E-state index contributed by atoms with van der Waals surface area (Å²) in [7, 11) is 0. The zero-order chi connectivity index (χ0) is 29.5. The van der Waals surface area contributed by atoms with Gasteiger partial charge in [0.2, 0.25) is 0 Å². The summed E-state index contributed by atoms with van der Waals surface area (Å²) in [5.74, 6) is -0.783. The Hall–Kier alpha value is -2.62. The summed E-state index contributed by atoms with van der Waals surface area (Å²) in [6.45, 7) is 6.28. The molecule has 1 unspecified atom stereocenters. The van der Waals surface area contributed by atoms with E-state index in [1.54, 1.807) is 6.92 Å². The highest BCUT2D eigenvalue weighted by molar-refractivity contribution is 5.90. The van der Waals surface area contributed by atoms with E-state index in [1.165, 1.54) is 114 Å². The molecular formula is C37H56O4. The van der Waals surface area contributed by atoms with Crippen LogP contribution in [0.25, 0.3) is 0 Å². The molecule has 0 saturated heterocycles. The number of hydrogen-bond acceptors (Lipinski definition) is 4. The molecule has 4 nitrogen and oxygen atoms in total. The Labute approximate surface area is 250 Å². The van der Waals surface area contributed by atoms with Crippen LogP contribution >= 0.6 is 0 Å². The molecule has 41 heavy (non-hydrogen) atoms. The molecule has 228 valence electrons. The summed E-state index contributed by atoms with van der Waals surface area (Å²) in [6, 6.07) is 15.4. The third kappa shape index (κ3) is 15.8. The quantitative estimate of drug-likeness (QED) is 0.0995. The Morgan fingerprint density at radius 2 is 0.902 bits per heavy atom. The fourth-order valence-electron chi connectivity index (χ4n) is 5.10. The minimum atomic E-state index is -0.523. The molecule has 0 aliphatic heterocycles. The molecule has 0 radical (unpaired) electrons. The third-order valence-electron chi connectivity index (χ3n) is 7.77. The number of carbonyl (C=O) groups excluding carboxylic acids is 2. The number of esters is 2. The lowest BCUT2D eigenvalue weighted by molar-refractivity contribution is 0.00448. The molecule has 0 spiro atoms. The Morgan fingerprint density at radius 3 is 1.32 bits per heavy atom. The van der Waals surface area contributed by atoms with Crippen LogP contribution in [-0.4, -0.2) is 24.6 Å². The van der Waals surface area contributed by atoms with Gasteiger partial charge in [0.15, 0.2) is 0 Å². The van der Waals surface area contributed by atoms with Gasteiger partial charge < -0.3 is 9.47 Å². The van der Waals surface area contributed by atoms with E-state index in [-0.39, 0.29) is 6.61 Å². The first-order valence-electron chi connectivity index (χ1n) is 16.6. The van der Waals surface area contributed by atoms with E-state index >= 15 is 0 Å². The highest BCUT2D eigenvalue weighted by Crippen LogP contribution is 2.15. The molecule has 0 bridgehead atoms. The molecule has 4 heteroatoms. The molecule has 2 aromatic rings. The summed E-state index contributed by atoms with van der Waals surface area (Å²) in [5, 5.41) is 0. The fourth-order valence-corrected chi connectivity index (χ4v) is 5.10. The van der Waals surface area contributed by atoms with E-state index in [1.807, 2.05) is 48.5 Å². The third-order valence-corrected chi connectivity index (χ3v) is 7.77. The van der Waals surface area contributed by atoms with Gasteiger partial charge in [0.1, 0.15) is 12.7 Å². The number of ether oxygens (including phenoxy) is 2. The predicted octanol–water partition coefficient (Wildman–Crippen LogP) is 10.5. The number of rotatable bonds is 23. The number of carbonyl (C=O) groups is 2. The molecule has 0 saturated carbocycles. The van der Waals surface area contributed by atoms with Crippen molar-refractivity contribution >= 4 is 11.9 Å². The van der Waals surface area contributed by atoms with Crippen LogP contribution in [0.3, 0.4) is 0 Å². The maximum Gasteiger partial charge on any atom is 0.338 e. The van der Waals surface area contributed by atoms with E-state index in [0.29, 0.717) is 11.1 Å². The van der Waals surface area contributed by atoms with Crippen LogP contribution in [0.5, 0.6) is 0 Å². The Kier molecular flexibility index (Phi) is 18.6. The first kappa shape index (κ1) is 34.6. The first-order valence-corrected chi connectivity index (χ1v) is 16.6. The van der Waals surface area contributed by atoms with E-state index < -0.39 is 18.0 Å². The second-order valence-electron chi connectivity index (χ2n) is 11.7. The lowest BCUT2D eigenvalue weighted by atomic mass is 10.0. The molecule has 0 aliphatic carbocycles. The molecule has 0 heterocycles. The minimum Gasteiger partial charge on any atom is -0.458 e. The summed E-state index contributed by atoms with van der Waals surface area (Å²) < 4.78 is 10.9. The van der Waals surface area contributed by atoms with Crippen molar-refractivity contribution in [3.8, 4) is 0 Å². The van der Waals surface area contributed by atoms with Gasteiger partial charge in [0, 0.05) is 0 Å². The highest BCUT2D eigenvalue weighted by Gasteiger charge is 2.15. The molecule has 0 amide bonds. The van der Waals surface area contributed by atoms with Gasteiger partial charge in [0.05, 0.1) is 11.1 Å². The maximum atomic E-state index is 12.5. The average Bonchev–Trinajstić information content (AvgIpc) is 2.99. The summed E-state index contributed by atoms with van der Waals surface area (Å²) >= 11 is 0. The maximum absolute atomic E-state index is 12.5. The summed E-state index contributed by atoms with van der Waals surface area (Å²) in [4.78, 5) is 25.0. The van der Waals surface area contributed by atoms with Crippen molar-refractivity contribution in [2.75, 3.05) is 6.61 Å². The number of hydrogen-bond donors (Lipinski definition) is 0. The van der Waals surface area contributed by atoms with Crippen molar-refractivity contribution in [2.24, 2.45) is 0 Å². The lowest BCUT2D eigenvalue weighted by Crippen LogP contribution is -2.22. The van der Waals surface area contributed by atoms with Gasteiger partial charge in [-0.05, 0) is 68.0 Å². The van der Waals surface area contributed by atoms with Gasteiger partial charge in [-0.3, -0.25) is 0 Å². The van der Waals surface area contributed by atoms with Crippen molar-refractivity contribution in [3.63, 3.8) is 0 Å². The predicted molar refractivity (Wildman–Crippen MR) is 171 cm³/mol. The summed E-state index contributed by atoms with van der Waals surface area (Å²) in [5.41, 5.74) is 3.54. The lowest BCUT2D eigenvalue weighted by Gasteiger charge is -2.14. The summed E-state index contributed by atoms with van der Waals surface area (Å²) in [6.07, 6.45) is 22.5. The van der Waals surface area contributed by atoms with Gasteiger partial charge in [-0.1, -0.05) is 128 Å². The molecule has 0 aliphatic rings. The minimum absolute atomic E-state index is 0.0289. The van der Waals surface area contributed by atoms with Crippen LogP contribution in [0, 0.1) is 0 Å². The van der Waals surface area contributed by atoms with Crippen LogP contribution in [0.2, 0.25) is 0 Å². The van der Waals surface area contributed by atoms with E-state index in [4.69, 9.17) is 9.47 Å². The van der Waals surface area contributed by atoms with Gasteiger partial charge in [-0.25, -0.2) is 9.59 Å². The van der Waals surface area contributed by atoms with Crippen molar-refractivity contribution < 1.29 is 19.1 Å². The van der Waals surface area contributed by atoms with Crippen LogP contribution in [0.15, 0.2) is 48.5 Å². The highest BCUT2D eigenvalue weighted by atomic mass is 16.6. The largest absolute Gasteiger partial charge is 0.458 e. The molecule has 0 N–H and O–H groups in total. The van der Waals surface area contributed by atoms with E-state index in [0.717, 1.165) is 12.8 Å². The van der Waals surface area contributed by atoms with E-state index in [2.05, 4.69) is 13.8 Å². The molecule has 0 aromatic heterocycles. The monoisotopic (exact) mass is 564 g/mol. The number of unbranched alkanes of at least 4 members (excludes halogenated alkanes) is 14. The van der Waals surface area contributed by atoms with Gasteiger partial charge in [-0.2, -0.15) is 0 Å². The Balaban J connectivity index is 1.60. The molecule has 0 fully saturated rings. The van der Waals surface area contributed by atoms with Gasteiger partial charge in [0.25, 0.3) is 0 Å². The van der Waals surface area contributed by atoms with Crippen LogP contribution in [0.1, 0.15) is 155 Å². The second kappa shape index (κ2) is 22.0. The first-order chi connectivity index (χ1) is 20.0. The average molecular weight is 565 g/mol. The van der Waals surface area contributed by atoms with E-state index in [9.17, 15) is 9.59 Å². The van der Waals surface area contributed by atoms with Crippen molar-refractivity contribution in [3.05, 3.63) is 70.8 Å². The van der Waals surface area contributed by atoms with Crippen LogP contribution < -0.4 is 0 Å². The zero-order valence-corrected chi connectivity index (χ0v) is 26.3. The Morgan fingerprint density at radius 1 is 0.537 bits per heavy atom. The molecule has 1 atom stereocenters. The Bertz CT molecular complexity index is 948. The van der Waals surface area contributed by atoms with Crippen molar-refractivity contribution in [2.45, 2.75) is 142 Å². The van der Waals surface area contributed by atoms with Crippen molar-refractivity contribution in [1.29, 1.82) is 0 Å². The molecule has 2 rings (SSSR count). The SMILES string of the molecule is CCCCCCCCCCc1ccc(C(=O)OCC(C)OC(=O)c2ccc(CCCCCCCCCC)cc2)cc1. The fraction of sp³-hybridized carbons (Fsp3) is 0.622. The van der Waals surface area contributed by atoms with Gasteiger partial charge >= 0.3 is 11.9 Å². The van der Waals surface area contributed by atoms with Gasteiger partial charge in [-0.15, -0.1) is 0 Å². The zero-order valence-electron chi connectivity index (χ0n) is 26.3. The van der Waals surface area contributed by atoms with Crippen LogP contribution in [0.4, 0.5) is 0 Å². The second-order valence-corrected chi connectivity index (χ2v) is 11.7. The normalized spacial score (nSPS) is 11.8. The molecular weight excluding hydrogens is 508 g/mol. The smallest absolute Gasteiger partial charge is 0.338 e. The number of benzene rings is 2. The molecule has 2 aromatic carbocycles. The van der Waals surface area contributed by atoms with Crippen molar-refractivity contribution in [1.82, 2.24) is 0 Å². The standard InChI is InChI=1S/C37H56O4/c1-4-6-8-10-12-14-16-18-20-32-22-26-34(27-23-32)36(38)40-30-31(3)41-37(39)35-28-24-33(25-29-35)21-19-17-15-13-11-9-7-5-2/h22-29,31H,4-21,30H2,1-3H3. The topological polar surface area (TPSA) is 52.6 Å². The number of aryl methyl sites for hydroxylation is 2. The van der Waals surface area contributed by atoms with Crippen LogP contribution in [-0.2, 0) is 22.3 Å².